The molecule has 0 aliphatic carbocycles. The number of fused-ring (bicyclic) bond motifs is 1. The van der Waals surface area contributed by atoms with Crippen LogP contribution in [0.15, 0.2) is 36.7 Å². The number of halogens is 2. The number of pyridine rings is 1. The van der Waals surface area contributed by atoms with Gasteiger partial charge in [0, 0.05) is 24.8 Å². The Balaban J connectivity index is 1.51. The summed E-state index contributed by atoms with van der Waals surface area (Å²) in [7, 11) is 0. The molecule has 1 N–H and O–H groups in total. The predicted octanol–water partition coefficient (Wildman–Crippen LogP) is 5.30. The molecule has 5 rings (SSSR count). The van der Waals surface area contributed by atoms with E-state index >= 15 is 0 Å². The Morgan fingerprint density at radius 3 is 2.47 bits per heavy atom. The standard InChI is InChI=1S/C24H24F2N6/c1-2-6-15-11-17(25)21(18(26)12-15)24-28-14-19-23(29-24)22(31-30-19)16-7-8-20(27-13-16)32-9-4-3-5-10-32/h7-8,11-14H,2-6,9-10H2,1H3,(H,30,31). The molecule has 1 fully saturated rings. The van der Waals surface area contributed by atoms with Crippen molar-refractivity contribution < 1.29 is 8.78 Å². The zero-order valence-corrected chi connectivity index (χ0v) is 17.9. The second kappa shape index (κ2) is 8.61. The first-order valence-electron chi connectivity index (χ1n) is 11.0. The number of hydrogen-bond acceptors (Lipinski definition) is 5. The van der Waals surface area contributed by atoms with Crippen LogP contribution in [-0.4, -0.2) is 38.2 Å². The van der Waals surface area contributed by atoms with Gasteiger partial charge in [-0.25, -0.2) is 23.7 Å². The van der Waals surface area contributed by atoms with Crippen LogP contribution in [0.25, 0.3) is 33.7 Å². The molecule has 4 heterocycles. The Morgan fingerprint density at radius 2 is 1.78 bits per heavy atom. The molecule has 1 aromatic carbocycles. The largest absolute Gasteiger partial charge is 0.357 e. The summed E-state index contributed by atoms with van der Waals surface area (Å²) in [5.74, 6) is -0.383. The van der Waals surface area contributed by atoms with Crippen LogP contribution in [0.2, 0.25) is 0 Å². The number of benzene rings is 1. The average molecular weight is 434 g/mol. The summed E-state index contributed by atoms with van der Waals surface area (Å²) < 4.78 is 29.5. The molecule has 164 valence electrons. The highest BCUT2D eigenvalue weighted by Gasteiger charge is 2.19. The Kier molecular flexibility index (Phi) is 5.51. The van der Waals surface area contributed by atoms with Gasteiger partial charge in [0.25, 0.3) is 0 Å². The molecule has 1 saturated heterocycles. The molecule has 0 spiro atoms. The minimum atomic E-state index is -0.662. The number of nitrogens with zero attached hydrogens (tertiary/aromatic N) is 5. The predicted molar refractivity (Wildman–Crippen MR) is 120 cm³/mol. The van der Waals surface area contributed by atoms with Crippen molar-refractivity contribution in [3.05, 3.63) is 53.9 Å². The number of piperidine rings is 1. The third-order valence-corrected chi connectivity index (χ3v) is 5.87. The molecular weight excluding hydrogens is 410 g/mol. The number of nitrogens with one attached hydrogen (secondary N) is 1. The molecule has 8 heteroatoms. The third-order valence-electron chi connectivity index (χ3n) is 5.87. The maximum atomic E-state index is 14.7. The summed E-state index contributed by atoms with van der Waals surface area (Å²) in [5.41, 5.74) is 2.84. The number of aromatic amines is 1. The Morgan fingerprint density at radius 1 is 1.00 bits per heavy atom. The van der Waals surface area contributed by atoms with Crippen LogP contribution in [0.1, 0.15) is 38.2 Å². The van der Waals surface area contributed by atoms with Crippen LogP contribution in [0, 0.1) is 11.6 Å². The fraction of sp³-hybridized carbons (Fsp3) is 0.333. The van der Waals surface area contributed by atoms with Gasteiger partial charge in [0.15, 0.2) is 5.82 Å². The molecule has 0 amide bonds. The fourth-order valence-electron chi connectivity index (χ4n) is 4.24. The van der Waals surface area contributed by atoms with Gasteiger partial charge in [0.05, 0.1) is 11.8 Å². The monoisotopic (exact) mass is 434 g/mol. The van der Waals surface area contributed by atoms with Gasteiger partial charge < -0.3 is 4.90 Å². The van der Waals surface area contributed by atoms with E-state index in [9.17, 15) is 8.78 Å². The summed E-state index contributed by atoms with van der Waals surface area (Å²) in [4.78, 5) is 15.5. The van der Waals surface area contributed by atoms with Gasteiger partial charge in [-0.05, 0) is 55.5 Å². The second-order valence-electron chi connectivity index (χ2n) is 8.17. The van der Waals surface area contributed by atoms with Crippen LogP contribution in [0.4, 0.5) is 14.6 Å². The maximum Gasteiger partial charge on any atom is 0.165 e. The lowest BCUT2D eigenvalue weighted by molar-refractivity contribution is 0.573. The van der Waals surface area contributed by atoms with Gasteiger partial charge in [-0.15, -0.1) is 0 Å². The Bertz CT molecular complexity index is 1220. The number of aromatic nitrogens is 5. The molecule has 0 unspecified atom stereocenters. The molecule has 6 nitrogen and oxygen atoms in total. The molecule has 0 saturated carbocycles. The molecule has 4 aromatic rings. The van der Waals surface area contributed by atoms with E-state index in [2.05, 4.69) is 30.0 Å². The zero-order chi connectivity index (χ0) is 22.1. The third kappa shape index (κ3) is 3.81. The highest BCUT2D eigenvalue weighted by atomic mass is 19.1. The van der Waals surface area contributed by atoms with Gasteiger partial charge in [-0.2, -0.15) is 5.10 Å². The average Bonchev–Trinajstić information content (AvgIpc) is 3.23. The van der Waals surface area contributed by atoms with Gasteiger partial charge >= 0.3 is 0 Å². The molecule has 0 bridgehead atoms. The Labute approximate surface area is 184 Å². The van der Waals surface area contributed by atoms with E-state index in [1.807, 2.05) is 19.1 Å². The lowest BCUT2D eigenvalue weighted by Crippen LogP contribution is -2.29. The van der Waals surface area contributed by atoms with Crippen molar-refractivity contribution in [1.29, 1.82) is 0 Å². The smallest absolute Gasteiger partial charge is 0.165 e. The SMILES string of the molecule is CCCc1cc(F)c(-c2ncc3[nH]nc(-c4ccc(N5CCCCC5)nc4)c3n2)c(F)c1. The van der Waals surface area contributed by atoms with Crippen LogP contribution < -0.4 is 4.90 Å². The van der Waals surface area contributed by atoms with Crippen LogP contribution in [0.5, 0.6) is 0 Å². The number of aryl methyl sites for hydroxylation is 1. The van der Waals surface area contributed by atoms with Crippen molar-refractivity contribution >= 4 is 16.9 Å². The van der Waals surface area contributed by atoms with E-state index in [4.69, 9.17) is 0 Å². The topological polar surface area (TPSA) is 70.6 Å². The first-order valence-corrected chi connectivity index (χ1v) is 11.0. The van der Waals surface area contributed by atoms with Crippen molar-refractivity contribution in [2.45, 2.75) is 39.0 Å². The van der Waals surface area contributed by atoms with Gasteiger partial charge in [-0.1, -0.05) is 13.3 Å². The zero-order valence-electron chi connectivity index (χ0n) is 17.9. The minimum absolute atomic E-state index is 0.00362. The summed E-state index contributed by atoms with van der Waals surface area (Å²) in [6.45, 7) is 4.00. The van der Waals surface area contributed by atoms with Crippen molar-refractivity contribution in [2.24, 2.45) is 0 Å². The van der Waals surface area contributed by atoms with Gasteiger partial charge in [0.1, 0.15) is 34.2 Å². The van der Waals surface area contributed by atoms with E-state index in [-0.39, 0.29) is 11.4 Å². The van der Waals surface area contributed by atoms with Gasteiger partial charge in [-0.3, -0.25) is 5.10 Å². The normalized spacial score (nSPS) is 14.3. The van der Waals surface area contributed by atoms with Crippen molar-refractivity contribution in [3.63, 3.8) is 0 Å². The Hall–Kier alpha value is -3.42. The summed E-state index contributed by atoms with van der Waals surface area (Å²) in [5, 5.41) is 7.25. The lowest BCUT2D eigenvalue weighted by atomic mass is 10.1. The lowest BCUT2D eigenvalue weighted by Gasteiger charge is -2.27. The molecule has 1 aliphatic heterocycles. The quantitative estimate of drug-likeness (QED) is 0.461. The van der Waals surface area contributed by atoms with Crippen LogP contribution in [-0.2, 0) is 6.42 Å². The molecular formula is C24H24F2N6. The fourth-order valence-corrected chi connectivity index (χ4v) is 4.24. The molecule has 1 aliphatic rings. The second-order valence-corrected chi connectivity index (χ2v) is 8.17. The van der Waals surface area contributed by atoms with Crippen molar-refractivity contribution in [3.8, 4) is 22.6 Å². The number of anilines is 1. The number of rotatable bonds is 5. The summed E-state index contributed by atoms with van der Waals surface area (Å²) >= 11 is 0. The van der Waals surface area contributed by atoms with Crippen LogP contribution >= 0.6 is 0 Å². The molecule has 0 atom stereocenters. The summed E-state index contributed by atoms with van der Waals surface area (Å²) in [6, 6.07) is 6.65. The molecule has 0 radical (unpaired) electrons. The highest BCUT2D eigenvalue weighted by molar-refractivity contribution is 5.90. The van der Waals surface area contributed by atoms with E-state index in [0.717, 1.165) is 30.9 Å². The maximum absolute atomic E-state index is 14.7. The van der Waals surface area contributed by atoms with E-state index in [0.29, 0.717) is 28.7 Å². The van der Waals surface area contributed by atoms with E-state index < -0.39 is 11.6 Å². The highest BCUT2D eigenvalue weighted by Crippen LogP contribution is 2.30. The first kappa shape index (κ1) is 20.5. The van der Waals surface area contributed by atoms with Crippen molar-refractivity contribution in [2.75, 3.05) is 18.0 Å². The van der Waals surface area contributed by atoms with Crippen molar-refractivity contribution in [1.82, 2.24) is 25.1 Å². The van der Waals surface area contributed by atoms with Gasteiger partial charge in [0.2, 0.25) is 0 Å². The summed E-state index contributed by atoms with van der Waals surface area (Å²) in [6.07, 6.45) is 8.31. The number of hydrogen-bond donors (Lipinski definition) is 1. The first-order chi connectivity index (χ1) is 15.6. The van der Waals surface area contributed by atoms with E-state index in [1.54, 1.807) is 6.20 Å². The number of H-pyrrole nitrogens is 1. The minimum Gasteiger partial charge on any atom is -0.357 e. The molecule has 32 heavy (non-hydrogen) atoms. The molecule has 3 aromatic heterocycles. The van der Waals surface area contributed by atoms with E-state index in [1.165, 1.54) is 37.6 Å². The van der Waals surface area contributed by atoms with Crippen LogP contribution in [0.3, 0.4) is 0 Å².